The van der Waals surface area contributed by atoms with E-state index in [4.69, 9.17) is 0 Å². The summed E-state index contributed by atoms with van der Waals surface area (Å²) in [7, 11) is 1.82. The molecule has 0 saturated heterocycles. The molecule has 140 valence electrons. The fraction of sp³-hybridized carbons (Fsp3) is 0.444. The van der Waals surface area contributed by atoms with E-state index in [0.717, 1.165) is 23.4 Å². The van der Waals surface area contributed by atoms with Crippen molar-refractivity contribution in [3.05, 3.63) is 47.3 Å². The molecule has 3 rings (SSSR count). The average Bonchev–Trinajstić information content (AvgIpc) is 3.02. The topological polar surface area (TPSA) is 63.7 Å². The summed E-state index contributed by atoms with van der Waals surface area (Å²) in [6.45, 7) is 7.13. The number of hydrogen-bond acceptors (Lipinski definition) is 5. The van der Waals surface area contributed by atoms with Crippen LogP contribution in [0.3, 0.4) is 0 Å². The molecule has 0 aliphatic carbocycles. The summed E-state index contributed by atoms with van der Waals surface area (Å²) in [5.41, 5.74) is 9.34. The van der Waals surface area contributed by atoms with Gasteiger partial charge >= 0.3 is 6.03 Å². The molecule has 2 aliphatic rings. The first-order valence-corrected chi connectivity index (χ1v) is 8.74. The van der Waals surface area contributed by atoms with Crippen LogP contribution in [-0.2, 0) is 0 Å². The van der Waals surface area contributed by atoms with Gasteiger partial charge in [-0.05, 0) is 44.9 Å². The third kappa shape index (κ3) is 3.37. The van der Waals surface area contributed by atoms with Crippen molar-refractivity contribution in [1.82, 2.24) is 25.7 Å². The van der Waals surface area contributed by atoms with E-state index in [0.29, 0.717) is 18.8 Å². The number of aromatic nitrogens is 1. The normalized spacial score (nSPS) is 17.5. The fourth-order valence-electron chi connectivity index (χ4n) is 3.01. The Bertz CT molecular complexity index is 760. The van der Waals surface area contributed by atoms with Gasteiger partial charge in [-0.15, -0.1) is 5.53 Å². The van der Waals surface area contributed by atoms with Gasteiger partial charge in [-0.3, -0.25) is 5.01 Å². The predicted octanol–water partition coefficient (Wildman–Crippen LogP) is 2.37. The zero-order valence-electron chi connectivity index (χ0n) is 15.6. The number of anilines is 1. The first-order chi connectivity index (χ1) is 12.4. The molecule has 0 fully saturated rings. The Balaban J connectivity index is 1.74. The largest absolute Gasteiger partial charge is 0.325 e. The number of hydrogen-bond donors (Lipinski definition) is 2. The molecule has 0 bridgehead atoms. The van der Waals surface area contributed by atoms with Crippen molar-refractivity contribution in [3.8, 4) is 0 Å². The second kappa shape index (κ2) is 7.33. The van der Waals surface area contributed by atoms with Gasteiger partial charge < -0.3 is 15.2 Å². The van der Waals surface area contributed by atoms with Crippen molar-refractivity contribution in [2.45, 2.75) is 33.2 Å². The van der Waals surface area contributed by atoms with Crippen LogP contribution in [0.2, 0.25) is 0 Å². The average molecular weight is 360 g/mol. The summed E-state index contributed by atoms with van der Waals surface area (Å²) in [5, 5.41) is 1.64. The summed E-state index contributed by atoms with van der Waals surface area (Å²) in [6, 6.07) is 3.57. The van der Waals surface area contributed by atoms with E-state index in [9.17, 15) is 9.18 Å². The molecule has 0 aromatic carbocycles. The number of hydrazine groups is 2. The van der Waals surface area contributed by atoms with E-state index in [-0.39, 0.29) is 12.1 Å². The minimum Gasteiger partial charge on any atom is -0.325 e. The molecule has 0 atom stereocenters. The molecule has 0 radical (unpaired) electrons. The van der Waals surface area contributed by atoms with Gasteiger partial charge in [0.1, 0.15) is 5.69 Å². The van der Waals surface area contributed by atoms with Crippen molar-refractivity contribution in [2.24, 2.45) is 0 Å². The van der Waals surface area contributed by atoms with Gasteiger partial charge in [-0.2, -0.15) is 4.39 Å². The number of urea groups is 1. The molecule has 1 aromatic heterocycles. The Labute approximate surface area is 153 Å². The molecule has 2 N–H and O–H groups in total. The standard InChI is InChI=1S/C18H25FN6O/c1-12(2)23(4)18(26)24-10-7-14(8-11-24)16-13(3)25(22-21-16)15-6-5-9-20-17(15)19/h5-7,9,12,21-22H,8,10-11H2,1-4H3. The number of nitrogens with zero attached hydrogens (tertiary/aromatic N) is 4. The second-order valence-corrected chi connectivity index (χ2v) is 6.76. The van der Waals surface area contributed by atoms with Crippen LogP contribution in [-0.4, -0.2) is 47.0 Å². The maximum Gasteiger partial charge on any atom is 0.320 e. The van der Waals surface area contributed by atoms with Gasteiger partial charge in [0.05, 0.1) is 11.4 Å². The zero-order valence-corrected chi connectivity index (χ0v) is 15.6. The molecule has 7 nitrogen and oxygen atoms in total. The summed E-state index contributed by atoms with van der Waals surface area (Å²) < 4.78 is 14.0. The summed E-state index contributed by atoms with van der Waals surface area (Å²) in [5.74, 6) is -0.534. The number of rotatable bonds is 3. The highest BCUT2D eigenvalue weighted by atomic mass is 19.1. The van der Waals surface area contributed by atoms with Crippen molar-refractivity contribution in [2.75, 3.05) is 25.1 Å². The zero-order chi connectivity index (χ0) is 18.8. The van der Waals surface area contributed by atoms with Gasteiger partial charge in [-0.25, -0.2) is 9.78 Å². The Morgan fingerprint density at radius 1 is 1.42 bits per heavy atom. The van der Waals surface area contributed by atoms with E-state index >= 15 is 0 Å². The third-order valence-corrected chi connectivity index (χ3v) is 4.85. The minimum atomic E-state index is -0.534. The van der Waals surface area contributed by atoms with E-state index in [1.165, 1.54) is 6.20 Å². The molecule has 2 amide bonds. The molecule has 26 heavy (non-hydrogen) atoms. The SMILES string of the molecule is CC1=C(C2=CCN(C(=O)N(C)C(C)C)CC2)NNN1c1cccnc1F. The summed E-state index contributed by atoms with van der Waals surface area (Å²) in [4.78, 5) is 19.7. The quantitative estimate of drug-likeness (QED) is 0.811. The number of carbonyl (C=O) groups excluding carboxylic acids is 1. The van der Waals surface area contributed by atoms with Gasteiger partial charge in [0.15, 0.2) is 0 Å². The highest BCUT2D eigenvalue weighted by Gasteiger charge is 2.28. The van der Waals surface area contributed by atoms with E-state index in [1.54, 1.807) is 22.0 Å². The van der Waals surface area contributed by atoms with Gasteiger partial charge in [-0.1, -0.05) is 6.08 Å². The molecule has 8 heteroatoms. The highest BCUT2D eigenvalue weighted by molar-refractivity contribution is 5.75. The lowest BCUT2D eigenvalue weighted by Crippen LogP contribution is -2.46. The van der Waals surface area contributed by atoms with Crippen molar-refractivity contribution < 1.29 is 9.18 Å². The van der Waals surface area contributed by atoms with Crippen molar-refractivity contribution in [1.29, 1.82) is 0 Å². The van der Waals surface area contributed by atoms with Crippen molar-refractivity contribution in [3.63, 3.8) is 0 Å². The van der Waals surface area contributed by atoms with Gasteiger partial charge in [0.2, 0.25) is 5.95 Å². The smallest absolute Gasteiger partial charge is 0.320 e. The van der Waals surface area contributed by atoms with Crippen LogP contribution < -0.4 is 16.0 Å². The van der Waals surface area contributed by atoms with Crippen molar-refractivity contribution >= 4 is 11.7 Å². The molecule has 0 spiro atoms. The Morgan fingerprint density at radius 2 is 2.19 bits per heavy atom. The molecular formula is C18H25FN6O. The number of allylic oxidation sites excluding steroid dienone is 2. The highest BCUT2D eigenvalue weighted by Crippen LogP contribution is 2.28. The van der Waals surface area contributed by atoms with E-state index in [2.05, 4.69) is 15.9 Å². The maximum absolute atomic E-state index is 14.0. The minimum absolute atomic E-state index is 0.0394. The number of nitrogens with one attached hydrogen (secondary N) is 2. The fourth-order valence-corrected chi connectivity index (χ4v) is 3.01. The summed E-state index contributed by atoms with van der Waals surface area (Å²) >= 11 is 0. The number of carbonyl (C=O) groups is 1. The van der Waals surface area contributed by atoms with Crippen LogP contribution in [0, 0.1) is 5.95 Å². The molecular weight excluding hydrogens is 335 g/mol. The van der Waals surface area contributed by atoms with E-state index < -0.39 is 5.95 Å². The van der Waals surface area contributed by atoms with Crippen LogP contribution in [0.4, 0.5) is 14.9 Å². The number of amides is 2. The number of halogens is 1. The summed E-state index contributed by atoms with van der Waals surface area (Å²) in [6.07, 6.45) is 4.21. The third-order valence-electron chi connectivity index (χ3n) is 4.85. The predicted molar refractivity (Wildman–Crippen MR) is 98.2 cm³/mol. The Kier molecular flexibility index (Phi) is 5.13. The van der Waals surface area contributed by atoms with Crippen LogP contribution in [0.25, 0.3) is 0 Å². The lowest BCUT2D eigenvalue weighted by atomic mass is 10.0. The first-order valence-electron chi connectivity index (χ1n) is 8.74. The van der Waals surface area contributed by atoms with Gasteiger partial charge in [0, 0.05) is 32.4 Å². The van der Waals surface area contributed by atoms with Crippen LogP contribution in [0.15, 0.2) is 41.4 Å². The van der Waals surface area contributed by atoms with Crippen LogP contribution >= 0.6 is 0 Å². The van der Waals surface area contributed by atoms with Crippen LogP contribution in [0.5, 0.6) is 0 Å². The lowest BCUT2D eigenvalue weighted by Gasteiger charge is -2.32. The Hall–Kier alpha value is -2.61. The Morgan fingerprint density at radius 3 is 2.81 bits per heavy atom. The van der Waals surface area contributed by atoms with Gasteiger partial charge in [0.25, 0.3) is 0 Å². The van der Waals surface area contributed by atoms with E-state index in [1.807, 2.05) is 38.8 Å². The number of pyridine rings is 1. The molecule has 2 aliphatic heterocycles. The molecule has 3 heterocycles. The second-order valence-electron chi connectivity index (χ2n) is 6.76. The molecule has 1 aromatic rings. The molecule has 0 saturated carbocycles. The maximum atomic E-state index is 14.0. The first kappa shape index (κ1) is 18.2. The monoisotopic (exact) mass is 360 g/mol. The van der Waals surface area contributed by atoms with Crippen LogP contribution in [0.1, 0.15) is 27.2 Å². The molecule has 0 unspecified atom stereocenters. The lowest BCUT2D eigenvalue weighted by molar-refractivity contribution is 0.156.